The van der Waals surface area contributed by atoms with Crippen molar-refractivity contribution < 1.29 is 4.79 Å². The highest BCUT2D eigenvalue weighted by Gasteiger charge is 2.51. The van der Waals surface area contributed by atoms with Crippen LogP contribution in [0.1, 0.15) is 35.1 Å². The molecule has 0 bridgehead atoms. The molecule has 142 valence electrons. The van der Waals surface area contributed by atoms with Crippen molar-refractivity contribution in [1.82, 2.24) is 4.90 Å². The fourth-order valence-electron chi connectivity index (χ4n) is 4.25. The van der Waals surface area contributed by atoms with Crippen LogP contribution in [-0.4, -0.2) is 17.4 Å². The van der Waals surface area contributed by atoms with Crippen LogP contribution in [-0.2, 0) is 29.7 Å². The molecule has 5 rings (SSSR count). The van der Waals surface area contributed by atoms with E-state index in [0.717, 1.165) is 50.1 Å². The topological polar surface area (TPSA) is 32.3 Å². The number of hydrogen-bond donors (Lipinski definition) is 1. The van der Waals surface area contributed by atoms with Gasteiger partial charge < -0.3 is 5.32 Å². The Bertz CT molecular complexity index is 977. The minimum atomic E-state index is -0.331. The fourth-order valence-corrected chi connectivity index (χ4v) is 4.91. The van der Waals surface area contributed by atoms with Gasteiger partial charge >= 0.3 is 0 Å². The Labute approximate surface area is 170 Å². The van der Waals surface area contributed by atoms with Gasteiger partial charge in [0, 0.05) is 25.3 Å². The molecule has 1 aromatic heterocycles. The molecule has 1 fully saturated rings. The number of fused-ring (bicyclic) bond motifs is 1. The van der Waals surface area contributed by atoms with E-state index < -0.39 is 0 Å². The van der Waals surface area contributed by atoms with E-state index in [9.17, 15) is 4.79 Å². The standard InChI is InChI=1S/C24H24N2OS/c27-23(24(10-11-24)21-4-2-1-3-5-21)25-22-7-6-19-8-12-26(16-20(19)14-22)15-18-9-13-28-17-18/h1-7,9,13-14,17H,8,10-12,15-16H2,(H,25,27). The largest absolute Gasteiger partial charge is 0.325 e. The lowest BCUT2D eigenvalue weighted by Gasteiger charge is -2.29. The predicted molar refractivity (Wildman–Crippen MR) is 115 cm³/mol. The van der Waals surface area contributed by atoms with Crippen molar-refractivity contribution in [1.29, 1.82) is 0 Å². The van der Waals surface area contributed by atoms with Gasteiger partial charge in [-0.1, -0.05) is 36.4 Å². The summed E-state index contributed by atoms with van der Waals surface area (Å²) < 4.78 is 0. The smallest absolute Gasteiger partial charge is 0.235 e. The van der Waals surface area contributed by atoms with E-state index in [1.165, 1.54) is 16.7 Å². The number of amides is 1. The average molecular weight is 389 g/mol. The molecular weight excluding hydrogens is 364 g/mol. The Balaban J connectivity index is 1.30. The van der Waals surface area contributed by atoms with Crippen LogP contribution in [0, 0.1) is 0 Å². The Morgan fingerprint density at radius 2 is 1.93 bits per heavy atom. The maximum atomic E-state index is 13.0. The van der Waals surface area contributed by atoms with Crippen LogP contribution in [0.2, 0.25) is 0 Å². The number of rotatable bonds is 5. The Morgan fingerprint density at radius 1 is 1.07 bits per heavy atom. The van der Waals surface area contributed by atoms with Crippen LogP contribution in [0.4, 0.5) is 5.69 Å². The van der Waals surface area contributed by atoms with Crippen molar-refractivity contribution in [2.24, 2.45) is 0 Å². The highest BCUT2D eigenvalue weighted by atomic mass is 32.1. The summed E-state index contributed by atoms with van der Waals surface area (Å²) in [4.78, 5) is 15.5. The van der Waals surface area contributed by atoms with E-state index in [4.69, 9.17) is 0 Å². The number of carbonyl (C=O) groups is 1. The number of hydrogen-bond acceptors (Lipinski definition) is 3. The minimum absolute atomic E-state index is 0.129. The van der Waals surface area contributed by atoms with Crippen molar-refractivity contribution in [2.45, 2.75) is 37.8 Å². The van der Waals surface area contributed by atoms with Gasteiger partial charge in [0.15, 0.2) is 0 Å². The van der Waals surface area contributed by atoms with E-state index in [2.05, 4.69) is 57.4 Å². The summed E-state index contributed by atoms with van der Waals surface area (Å²) in [5.74, 6) is 0.129. The lowest BCUT2D eigenvalue weighted by molar-refractivity contribution is -0.118. The van der Waals surface area contributed by atoms with Crippen LogP contribution in [0.3, 0.4) is 0 Å². The molecule has 0 spiro atoms. The van der Waals surface area contributed by atoms with Gasteiger partial charge in [0.1, 0.15) is 0 Å². The van der Waals surface area contributed by atoms with Crippen molar-refractivity contribution in [3.8, 4) is 0 Å². The summed E-state index contributed by atoms with van der Waals surface area (Å²) >= 11 is 1.76. The van der Waals surface area contributed by atoms with E-state index in [1.807, 2.05) is 18.2 Å². The second kappa shape index (κ2) is 7.19. The molecule has 1 N–H and O–H groups in total. The van der Waals surface area contributed by atoms with Gasteiger partial charge in [0.2, 0.25) is 5.91 Å². The molecule has 4 heteroatoms. The normalized spacial score (nSPS) is 17.7. The van der Waals surface area contributed by atoms with E-state index >= 15 is 0 Å². The second-order valence-electron chi connectivity index (χ2n) is 7.98. The van der Waals surface area contributed by atoms with Crippen LogP contribution < -0.4 is 5.32 Å². The first-order chi connectivity index (χ1) is 13.7. The second-order valence-corrected chi connectivity index (χ2v) is 8.76. The van der Waals surface area contributed by atoms with Crippen molar-refractivity contribution >= 4 is 22.9 Å². The van der Waals surface area contributed by atoms with Crippen molar-refractivity contribution in [3.63, 3.8) is 0 Å². The van der Waals surface area contributed by atoms with Crippen molar-refractivity contribution in [2.75, 3.05) is 11.9 Å². The molecule has 0 atom stereocenters. The van der Waals surface area contributed by atoms with Gasteiger partial charge in [-0.3, -0.25) is 9.69 Å². The monoisotopic (exact) mass is 388 g/mol. The van der Waals surface area contributed by atoms with Gasteiger partial charge in [-0.05, 0) is 70.5 Å². The molecule has 1 saturated carbocycles. The predicted octanol–water partition coefficient (Wildman–Crippen LogP) is 4.98. The zero-order valence-corrected chi connectivity index (χ0v) is 16.7. The summed E-state index contributed by atoms with van der Waals surface area (Å²) in [6.45, 7) is 3.03. The molecule has 1 aliphatic carbocycles. The number of nitrogens with zero attached hydrogens (tertiary/aromatic N) is 1. The van der Waals surface area contributed by atoms with Gasteiger partial charge in [-0.2, -0.15) is 11.3 Å². The van der Waals surface area contributed by atoms with E-state index in [-0.39, 0.29) is 11.3 Å². The first kappa shape index (κ1) is 17.7. The minimum Gasteiger partial charge on any atom is -0.325 e. The van der Waals surface area contributed by atoms with Crippen LogP contribution >= 0.6 is 11.3 Å². The van der Waals surface area contributed by atoms with Gasteiger partial charge in [0.25, 0.3) is 0 Å². The third-order valence-corrected chi connectivity index (χ3v) is 6.78. The summed E-state index contributed by atoms with van der Waals surface area (Å²) in [6, 6.07) is 18.8. The van der Waals surface area contributed by atoms with Gasteiger partial charge in [0.05, 0.1) is 5.41 Å². The molecule has 0 unspecified atom stereocenters. The van der Waals surface area contributed by atoms with Gasteiger partial charge in [-0.15, -0.1) is 0 Å². The zero-order chi connectivity index (χ0) is 19.0. The molecular formula is C24H24N2OS. The van der Waals surface area contributed by atoms with Crippen LogP contribution in [0.15, 0.2) is 65.4 Å². The number of carbonyl (C=O) groups excluding carboxylic acids is 1. The maximum Gasteiger partial charge on any atom is 0.235 e. The zero-order valence-electron chi connectivity index (χ0n) is 15.9. The number of nitrogens with one attached hydrogen (secondary N) is 1. The number of benzene rings is 2. The first-order valence-corrected chi connectivity index (χ1v) is 10.9. The molecule has 1 aliphatic heterocycles. The highest BCUT2D eigenvalue weighted by molar-refractivity contribution is 7.07. The Hall–Kier alpha value is -2.43. The summed E-state index contributed by atoms with van der Waals surface area (Å²) in [7, 11) is 0. The third-order valence-electron chi connectivity index (χ3n) is 6.05. The van der Waals surface area contributed by atoms with E-state index in [1.54, 1.807) is 11.3 Å². The Kier molecular flexibility index (Phi) is 4.53. The summed E-state index contributed by atoms with van der Waals surface area (Å²) in [5.41, 5.74) is 5.85. The molecule has 3 aromatic rings. The van der Waals surface area contributed by atoms with Crippen LogP contribution in [0.25, 0.3) is 0 Å². The Morgan fingerprint density at radius 3 is 2.68 bits per heavy atom. The summed E-state index contributed by atoms with van der Waals surface area (Å²) in [5, 5.41) is 7.57. The van der Waals surface area contributed by atoms with Crippen molar-refractivity contribution in [3.05, 3.63) is 87.6 Å². The molecule has 0 radical (unpaired) electrons. The fraction of sp³-hybridized carbons (Fsp3) is 0.292. The lowest BCUT2D eigenvalue weighted by atomic mass is 9.94. The SMILES string of the molecule is O=C(Nc1ccc2c(c1)CN(Cc1ccsc1)CC2)C1(c2ccccc2)CC1. The summed E-state index contributed by atoms with van der Waals surface area (Å²) in [6.07, 6.45) is 2.94. The molecule has 3 nitrogen and oxygen atoms in total. The van der Waals surface area contributed by atoms with Gasteiger partial charge in [-0.25, -0.2) is 0 Å². The maximum absolute atomic E-state index is 13.0. The average Bonchev–Trinajstić information content (AvgIpc) is 3.39. The molecule has 1 amide bonds. The van der Waals surface area contributed by atoms with Crippen LogP contribution in [0.5, 0.6) is 0 Å². The number of anilines is 1. The highest BCUT2D eigenvalue weighted by Crippen LogP contribution is 2.49. The number of thiophene rings is 1. The van der Waals surface area contributed by atoms with E-state index in [0.29, 0.717) is 0 Å². The molecule has 2 heterocycles. The molecule has 0 saturated heterocycles. The quantitative estimate of drug-likeness (QED) is 0.669. The molecule has 28 heavy (non-hydrogen) atoms. The molecule has 2 aromatic carbocycles. The lowest BCUT2D eigenvalue weighted by Crippen LogP contribution is -2.30. The first-order valence-electron chi connectivity index (χ1n) is 9.95. The molecule has 2 aliphatic rings. The third kappa shape index (κ3) is 3.38.